The van der Waals surface area contributed by atoms with E-state index in [-0.39, 0.29) is 11.7 Å². The van der Waals surface area contributed by atoms with Gasteiger partial charge >= 0.3 is 0 Å². The number of benzene rings is 2. The van der Waals surface area contributed by atoms with E-state index < -0.39 is 0 Å². The first-order valence-corrected chi connectivity index (χ1v) is 7.81. The molecule has 0 aromatic heterocycles. The van der Waals surface area contributed by atoms with Crippen LogP contribution in [-0.4, -0.2) is 12.5 Å². The molecule has 0 atom stereocenters. The van der Waals surface area contributed by atoms with Crippen molar-refractivity contribution in [2.75, 3.05) is 11.9 Å². The standard InChI is InChI=1S/C16H14FIN2O/c17-11-4-5-13(14(18)8-11)16(21)20-15-3-1-2-10-9-19-7-6-12(10)15/h1-5,8,19H,6-7,9H2,(H,20,21). The summed E-state index contributed by atoms with van der Waals surface area (Å²) in [5, 5.41) is 6.27. The first kappa shape index (κ1) is 14.5. The second-order valence-corrected chi connectivity index (χ2v) is 6.11. The molecule has 1 amide bonds. The van der Waals surface area contributed by atoms with Gasteiger partial charge < -0.3 is 10.6 Å². The molecular weight excluding hydrogens is 382 g/mol. The summed E-state index contributed by atoms with van der Waals surface area (Å²) in [7, 11) is 0. The molecule has 3 rings (SSSR count). The minimum absolute atomic E-state index is 0.202. The molecule has 0 aliphatic carbocycles. The zero-order valence-electron chi connectivity index (χ0n) is 11.2. The van der Waals surface area contributed by atoms with Crippen LogP contribution in [0.5, 0.6) is 0 Å². The summed E-state index contributed by atoms with van der Waals surface area (Å²) in [6, 6.07) is 10.1. The largest absolute Gasteiger partial charge is 0.322 e. The van der Waals surface area contributed by atoms with E-state index in [1.807, 2.05) is 34.7 Å². The quantitative estimate of drug-likeness (QED) is 0.765. The van der Waals surface area contributed by atoms with Crippen LogP contribution in [0.25, 0.3) is 0 Å². The molecule has 0 saturated heterocycles. The summed E-state index contributed by atoms with van der Waals surface area (Å²) < 4.78 is 13.7. The molecular formula is C16H14FIN2O. The molecule has 0 spiro atoms. The molecule has 0 unspecified atom stereocenters. The van der Waals surface area contributed by atoms with Crippen molar-refractivity contribution in [3.63, 3.8) is 0 Å². The minimum atomic E-state index is -0.334. The van der Waals surface area contributed by atoms with Crippen molar-refractivity contribution in [3.8, 4) is 0 Å². The highest BCUT2D eigenvalue weighted by Gasteiger charge is 2.16. The van der Waals surface area contributed by atoms with E-state index in [2.05, 4.69) is 16.7 Å². The Labute approximate surface area is 136 Å². The van der Waals surface area contributed by atoms with Gasteiger partial charge in [-0.05, 0) is 70.9 Å². The lowest BCUT2D eigenvalue weighted by Gasteiger charge is -2.20. The lowest BCUT2D eigenvalue weighted by molar-refractivity contribution is 0.102. The fraction of sp³-hybridized carbons (Fsp3) is 0.188. The minimum Gasteiger partial charge on any atom is -0.322 e. The van der Waals surface area contributed by atoms with Crippen molar-refractivity contribution >= 4 is 34.2 Å². The third-order valence-corrected chi connectivity index (χ3v) is 4.46. The van der Waals surface area contributed by atoms with Gasteiger partial charge in [-0.1, -0.05) is 12.1 Å². The number of anilines is 1. The van der Waals surface area contributed by atoms with Gasteiger partial charge in [-0.3, -0.25) is 4.79 Å². The fourth-order valence-corrected chi connectivity index (χ4v) is 3.23. The van der Waals surface area contributed by atoms with E-state index >= 15 is 0 Å². The Morgan fingerprint density at radius 3 is 2.95 bits per heavy atom. The van der Waals surface area contributed by atoms with Crippen LogP contribution >= 0.6 is 22.6 Å². The van der Waals surface area contributed by atoms with Gasteiger partial charge in [-0.25, -0.2) is 4.39 Å². The highest BCUT2D eigenvalue weighted by Crippen LogP contribution is 2.24. The Hall–Kier alpha value is -1.47. The van der Waals surface area contributed by atoms with E-state index in [0.717, 1.165) is 25.2 Å². The van der Waals surface area contributed by atoms with Crippen LogP contribution < -0.4 is 10.6 Å². The van der Waals surface area contributed by atoms with Gasteiger partial charge in [0.2, 0.25) is 0 Å². The number of carbonyl (C=O) groups excluding carboxylic acids is 1. The number of nitrogens with one attached hydrogen (secondary N) is 2. The van der Waals surface area contributed by atoms with Crippen molar-refractivity contribution in [3.05, 3.63) is 62.5 Å². The SMILES string of the molecule is O=C(Nc1cccc2c1CCNC2)c1ccc(F)cc1I. The predicted octanol–water partition coefficient (Wildman–Crippen LogP) is 3.33. The Bertz CT molecular complexity index is 703. The summed E-state index contributed by atoms with van der Waals surface area (Å²) in [5.41, 5.74) is 3.73. The summed E-state index contributed by atoms with van der Waals surface area (Å²) in [6.07, 6.45) is 0.895. The van der Waals surface area contributed by atoms with Crippen LogP contribution in [0.3, 0.4) is 0 Å². The zero-order chi connectivity index (χ0) is 14.8. The molecule has 2 aromatic carbocycles. The molecule has 0 bridgehead atoms. The van der Waals surface area contributed by atoms with Gasteiger partial charge in [-0.15, -0.1) is 0 Å². The number of carbonyl (C=O) groups is 1. The number of halogens is 2. The third kappa shape index (κ3) is 3.08. The van der Waals surface area contributed by atoms with Crippen LogP contribution in [0.15, 0.2) is 36.4 Å². The molecule has 108 valence electrons. The summed E-state index contributed by atoms with van der Waals surface area (Å²) >= 11 is 1.98. The van der Waals surface area contributed by atoms with Crippen LogP contribution in [0.2, 0.25) is 0 Å². The van der Waals surface area contributed by atoms with E-state index in [1.165, 1.54) is 29.3 Å². The first-order chi connectivity index (χ1) is 10.1. The Morgan fingerprint density at radius 1 is 1.29 bits per heavy atom. The Morgan fingerprint density at radius 2 is 2.14 bits per heavy atom. The highest BCUT2D eigenvalue weighted by molar-refractivity contribution is 14.1. The van der Waals surface area contributed by atoms with E-state index in [9.17, 15) is 9.18 Å². The molecule has 1 aliphatic heterocycles. The van der Waals surface area contributed by atoms with Crippen LogP contribution in [0.1, 0.15) is 21.5 Å². The van der Waals surface area contributed by atoms with E-state index in [4.69, 9.17) is 0 Å². The van der Waals surface area contributed by atoms with Gasteiger partial charge in [-0.2, -0.15) is 0 Å². The average Bonchev–Trinajstić information content (AvgIpc) is 2.47. The smallest absolute Gasteiger partial charge is 0.256 e. The van der Waals surface area contributed by atoms with Gasteiger partial charge in [0.15, 0.2) is 0 Å². The normalized spacial score (nSPS) is 13.6. The van der Waals surface area contributed by atoms with Crippen molar-refractivity contribution in [2.24, 2.45) is 0 Å². The molecule has 0 saturated carbocycles. The van der Waals surface area contributed by atoms with Crippen molar-refractivity contribution in [1.82, 2.24) is 5.32 Å². The van der Waals surface area contributed by atoms with Gasteiger partial charge in [0, 0.05) is 15.8 Å². The van der Waals surface area contributed by atoms with Crippen LogP contribution in [-0.2, 0) is 13.0 Å². The fourth-order valence-electron chi connectivity index (χ4n) is 2.51. The molecule has 2 aromatic rings. The second-order valence-electron chi connectivity index (χ2n) is 4.95. The molecule has 0 fully saturated rings. The van der Waals surface area contributed by atoms with Gasteiger partial charge in [0.25, 0.3) is 5.91 Å². The zero-order valence-corrected chi connectivity index (χ0v) is 13.4. The average molecular weight is 396 g/mol. The molecule has 1 aliphatic rings. The number of fused-ring (bicyclic) bond motifs is 1. The van der Waals surface area contributed by atoms with Gasteiger partial charge in [0.1, 0.15) is 5.82 Å². The molecule has 2 N–H and O–H groups in total. The summed E-state index contributed by atoms with van der Waals surface area (Å²) in [5.74, 6) is -0.537. The van der Waals surface area contributed by atoms with Crippen molar-refractivity contribution in [2.45, 2.75) is 13.0 Å². The Kier molecular flexibility index (Phi) is 4.21. The van der Waals surface area contributed by atoms with Crippen LogP contribution in [0.4, 0.5) is 10.1 Å². The molecule has 5 heteroatoms. The van der Waals surface area contributed by atoms with Gasteiger partial charge in [0.05, 0.1) is 5.56 Å². The molecule has 0 radical (unpaired) electrons. The second kappa shape index (κ2) is 6.11. The van der Waals surface area contributed by atoms with Crippen molar-refractivity contribution < 1.29 is 9.18 Å². The molecule has 1 heterocycles. The number of rotatable bonds is 2. The Balaban J connectivity index is 1.88. The lowest BCUT2D eigenvalue weighted by Crippen LogP contribution is -2.25. The first-order valence-electron chi connectivity index (χ1n) is 6.73. The number of hydrogen-bond donors (Lipinski definition) is 2. The third-order valence-electron chi connectivity index (χ3n) is 3.56. The maximum absolute atomic E-state index is 13.1. The van der Waals surface area contributed by atoms with Crippen molar-refractivity contribution in [1.29, 1.82) is 0 Å². The number of hydrogen-bond acceptors (Lipinski definition) is 2. The van der Waals surface area contributed by atoms with E-state index in [1.54, 1.807) is 0 Å². The maximum atomic E-state index is 13.1. The number of amides is 1. The predicted molar refractivity (Wildman–Crippen MR) is 88.9 cm³/mol. The van der Waals surface area contributed by atoms with Crippen LogP contribution in [0, 0.1) is 9.39 Å². The molecule has 3 nitrogen and oxygen atoms in total. The monoisotopic (exact) mass is 396 g/mol. The summed E-state index contributed by atoms with van der Waals surface area (Å²) in [4.78, 5) is 12.4. The summed E-state index contributed by atoms with van der Waals surface area (Å²) in [6.45, 7) is 1.74. The molecule has 21 heavy (non-hydrogen) atoms. The maximum Gasteiger partial charge on any atom is 0.256 e. The lowest BCUT2D eigenvalue weighted by atomic mass is 9.99. The van der Waals surface area contributed by atoms with E-state index in [0.29, 0.717) is 9.13 Å². The topological polar surface area (TPSA) is 41.1 Å². The highest BCUT2D eigenvalue weighted by atomic mass is 127.